The van der Waals surface area contributed by atoms with Crippen molar-refractivity contribution in [3.63, 3.8) is 0 Å². The highest BCUT2D eigenvalue weighted by Crippen LogP contribution is 2.22. The van der Waals surface area contributed by atoms with Gasteiger partial charge < -0.3 is 10.2 Å². The van der Waals surface area contributed by atoms with E-state index in [4.69, 9.17) is 0 Å². The number of aryl methyl sites for hydroxylation is 1. The molecule has 1 saturated heterocycles. The van der Waals surface area contributed by atoms with E-state index in [-0.39, 0.29) is 5.91 Å². The molecule has 6 heteroatoms. The van der Waals surface area contributed by atoms with Crippen LogP contribution in [-0.4, -0.2) is 28.6 Å². The van der Waals surface area contributed by atoms with E-state index in [1.807, 2.05) is 19.1 Å². The number of anilines is 2. The molecule has 2 heterocycles. The van der Waals surface area contributed by atoms with Gasteiger partial charge in [-0.1, -0.05) is 11.4 Å². The maximum absolute atomic E-state index is 12.3. The minimum atomic E-state index is -0.127. The summed E-state index contributed by atoms with van der Waals surface area (Å²) in [4.78, 5) is 15.3. The van der Waals surface area contributed by atoms with E-state index in [0.29, 0.717) is 11.3 Å². The van der Waals surface area contributed by atoms with Crippen molar-refractivity contribution in [2.45, 2.75) is 32.6 Å². The molecule has 0 spiro atoms. The molecule has 1 amide bonds. The molecule has 1 N–H and O–H groups in total. The quantitative estimate of drug-likeness (QED) is 0.940. The summed E-state index contributed by atoms with van der Waals surface area (Å²) in [5.41, 5.74) is 2.79. The number of carbonyl (C=O) groups is 1. The Balaban J connectivity index is 1.67. The van der Waals surface area contributed by atoms with Crippen molar-refractivity contribution in [2.24, 2.45) is 0 Å². The third-order valence-electron chi connectivity index (χ3n) is 3.94. The smallest absolute Gasteiger partial charge is 0.269 e. The normalized spacial score (nSPS) is 14.9. The summed E-state index contributed by atoms with van der Waals surface area (Å²) in [6, 6.07) is 8.07. The van der Waals surface area contributed by atoms with E-state index in [1.165, 1.54) is 24.9 Å². The lowest BCUT2D eigenvalue weighted by Crippen LogP contribution is -2.29. The van der Waals surface area contributed by atoms with Gasteiger partial charge in [0.1, 0.15) is 4.88 Å². The van der Waals surface area contributed by atoms with Crippen LogP contribution in [-0.2, 0) is 6.42 Å². The first-order valence-corrected chi connectivity index (χ1v) is 8.53. The average Bonchev–Trinajstić information content (AvgIpc) is 3.05. The van der Waals surface area contributed by atoms with Crippen LogP contribution in [0.1, 0.15) is 41.6 Å². The van der Waals surface area contributed by atoms with Gasteiger partial charge in [0, 0.05) is 24.5 Å². The van der Waals surface area contributed by atoms with Crippen LogP contribution in [0.2, 0.25) is 0 Å². The first-order valence-electron chi connectivity index (χ1n) is 7.75. The molecule has 0 bridgehead atoms. The summed E-state index contributed by atoms with van der Waals surface area (Å²) < 4.78 is 3.86. The average molecular weight is 316 g/mol. The summed E-state index contributed by atoms with van der Waals surface area (Å²) in [6.45, 7) is 4.22. The van der Waals surface area contributed by atoms with Crippen molar-refractivity contribution in [2.75, 3.05) is 23.3 Å². The minimum absolute atomic E-state index is 0.127. The molecule has 2 aromatic rings. The van der Waals surface area contributed by atoms with Gasteiger partial charge in [0.2, 0.25) is 0 Å². The number of carbonyl (C=O) groups excluding carboxylic acids is 1. The molecular formula is C16H20N4OS. The third kappa shape index (κ3) is 3.27. The summed E-state index contributed by atoms with van der Waals surface area (Å²) in [5, 5.41) is 6.90. The molecule has 1 aromatic heterocycles. The van der Waals surface area contributed by atoms with Crippen LogP contribution in [0.3, 0.4) is 0 Å². The second kappa shape index (κ2) is 6.87. The Bertz CT molecular complexity index is 632. The molecule has 1 fully saturated rings. The zero-order valence-corrected chi connectivity index (χ0v) is 13.5. The van der Waals surface area contributed by atoms with E-state index >= 15 is 0 Å². The van der Waals surface area contributed by atoms with Gasteiger partial charge in [-0.05, 0) is 61.5 Å². The fourth-order valence-electron chi connectivity index (χ4n) is 2.71. The van der Waals surface area contributed by atoms with Crippen molar-refractivity contribution in [1.29, 1.82) is 0 Å². The molecule has 0 aliphatic carbocycles. The fourth-order valence-corrected chi connectivity index (χ4v) is 3.35. The highest BCUT2D eigenvalue weighted by Gasteiger charge is 2.15. The molecule has 1 aromatic carbocycles. The summed E-state index contributed by atoms with van der Waals surface area (Å²) in [5.74, 6) is -0.127. The Hall–Kier alpha value is -1.95. The standard InChI is InChI=1S/C16H20N4OS/c1-2-14-15(22-19-18-14)16(21)17-12-6-8-13(9-7-12)20-10-4-3-5-11-20/h6-9H,2-5,10-11H2,1H3,(H,17,21). The molecule has 1 aliphatic rings. The first-order chi connectivity index (χ1) is 10.8. The predicted molar refractivity (Wildman–Crippen MR) is 89.7 cm³/mol. The number of amides is 1. The molecular weight excluding hydrogens is 296 g/mol. The monoisotopic (exact) mass is 316 g/mol. The molecule has 0 atom stereocenters. The van der Waals surface area contributed by atoms with Crippen LogP contribution in [0.4, 0.5) is 11.4 Å². The maximum Gasteiger partial charge on any atom is 0.269 e. The van der Waals surface area contributed by atoms with E-state index in [0.717, 1.165) is 36.0 Å². The minimum Gasteiger partial charge on any atom is -0.372 e. The number of nitrogens with zero attached hydrogens (tertiary/aromatic N) is 3. The van der Waals surface area contributed by atoms with Gasteiger partial charge in [0.05, 0.1) is 5.69 Å². The van der Waals surface area contributed by atoms with Crippen molar-refractivity contribution in [3.05, 3.63) is 34.8 Å². The van der Waals surface area contributed by atoms with Gasteiger partial charge in [-0.15, -0.1) is 5.10 Å². The van der Waals surface area contributed by atoms with E-state index in [9.17, 15) is 4.79 Å². The second-order valence-electron chi connectivity index (χ2n) is 5.45. The van der Waals surface area contributed by atoms with Gasteiger partial charge in [0.15, 0.2) is 0 Å². The number of hydrogen-bond donors (Lipinski definition) is 1. The SMILES string of the molecule is CCc1nnsc1C(=O)Nc1ccc(N2CCCCC2)cc1. The topological polar surface area (TPSA) is 58.1 Å². The number of nitrogens with one attached hydrogen (secondary N) is 1. The summed E-state index contributed by atoms with van der Waals surface area (Å²) in [6.07, 6.45) is 4.56. The number of hydrogen-bond acceptors (Lipinski definition) is 5. The zero-order valence-electron chi connectivity index (χ0n) is 12.7. The fraction of sp³-hybridized carbons (Fsp3) is 0.438. The molecule has 5 nitrogen and oxygen atoms in total. The van der Waals surface area contributed by atoms with Crippen molar-refractivity contribution in [3.8, 4) is 0 Å². The maximum atomic E-state index is 12.3. The number of benzene rings is 1. The number of piperidine rings is 1. The lowest BCUT2D eigenvalue weighted by Gasteiger charge is -2.28. The largest absolute Gasteiger partial charge is 0.372 e. The van der Waals surface area contributed by atoms with Crippen molar-refractivity contribution < 1.29 is 4.79 Å². The van der Waals surface area contributed by atoms with Crippen LogP contribution in [0, 0.1) is 0 Å². The van der Waals surface area contributed by atoms with Crippen LogP contribution in [0.5, 0.6) is 0 Å². The first kappa shape index (κ1) is 15.0. The summed E-state index contributed by atoms with van der Waals surface area (Å²) >= 11 is 1.15. The molecule has 0 radical (unpaired) electrons. The Morgan fingerprint density at radius 3 is 2.64 bits per heavy atom. The van der Waals surface area contributed by atoms with Crippen LogP contribution in [0.25, 0.3) is 0 Å². The lowest BCUT2D eigenvalue weighted by molar-refractivity contribution is 0.102. The molecule has 22 heavy (non-hydrogen) atoms. The number of aromatic nitrogens is 2. The van der Waals surface area contributed by atoms with Crippen LogP contribution < -0.4 is 10.2 Å². The molecule has 1 aliphatic heterocycles. The van der Waals surface area contributed by atoms with E-state index < -0.39 is 0 Å². The summed E-state index contributed by atoms with van der Waals surface area (Å²) in [7, 11) is 0. The van der Waals surface area contributed by atoms with E-state index in [2.05, 4.69) is 31.9 Å². The van der Waals surface area contributed by atoms with Crippen molar-refractivity contribution in [1.82, 2.24) is 9.59 Å². The highest BCUT2D eigenvalue weighted by molar-refractivity contribution is 7.08. The Morgan fingerprint density at radius 1 is 1.23 bits per heavy atom. The highest BCUT2D eigenvalue weighted by atomic mass is 32.1. The van der Waals surface area contributed by atoms with Gasteiger partial charge in [-0.2, -0.15) is 0 Å². The number of rotatable bonds is 4. The Labute approximate surface area is 134 Å². The van der Waals surface area contributed by atoms with Gasteiger partial charge in [-0.3, -0.25) is 4.79 Å². The molecule has 0 unspecified atom stereocenters. The third-order valence-corrected chi connectivity index (χ3v) is 4.71. The molecule has 116 valence electrons. The molecule has 3 rings (SSSR count). The Morgan fingerprint density at radius 2 is 1.95 bits per heavy atom. The Kier molecular flexibility index (Phi) is 4.68. The molecule has 0 saturated carbocycles. The zero-order chi connectivity index (χ0) is 15.4. The van der Waals surface area contributed by atoms with Gasteiger partial charge in [0.25, 0.3) is 5.91 Å². The predicted octanol–water partition coefficient (Wildman–Crippen LogP) is 3.34. The van der Waals surface area contributed by atoms with Crippen LogP contribution in [0.15, 0.2) is 24.3 Å². The van der Waals surface area contributed by atoms with Crippen LogP contribution >= 0.6 is 11.5 Å². The van der Waals surface area contributed by atoms with Gasteiger partial charge >= 0.3 is 0 Å². The second-order valence-corrected chi connectivity index (χ2v) is 6.21. The van der Waals surface area contributed by atoms with E-state index in [1.54, 1.807) is 0 Å². The van der Waals surface area contributed by atoms with Crippen molar-refractivity contribution >= 4 is 28.8 Å². The van der Waals surface area contributed by atoms with Gasteiger partial charge in [-0.25, -0.2) is 0 Å². The lowest BCUT2D eigenvalue weighted by atomic mass is 10.1.